The molecule has 0 aliphatic heterocycles. The number of anilines is 1. The summed E-state index contributed by atoms with van der Waals surface area (Å²) >= 11 is 0. The average molecular weight is 334 g/mol. The summed E-state index contributed by atoms with van der Waals surface area (Å²) in [4.78, 5) is 10.4. The molecule has 0 atom stereocenters. The Morgan fingerprint density at radius 1 is 1.09 bits per heavy atom. The molecule has 2 aromatic carbocycles. The van der Waals surface area contributed by atoms with E-state index in [9.17, 15) is 18.5 Å². The molecule has 0 bridgehead atoms. The van der Waals surface area contributed by atoms with E-state index in [-0.39, 0.29) is 17.1 Å². The van der Waals surface area contributed by atoms with Crippen LogP contribution in [0.4, 0.5) is 11.4 Å². The molecule has 2 rings (SSSR count). The van der Waals surface area contributed by atoms with Gasteiger partial charge in [-0.2, -0.15) is 0 Å². The number of nitro groups is 1. The molecule has 0 unspecified atom stereocenters. The van der Waals surface area contributed by atoms with Gasteiger partial charge in [-0.1, -0.05) is 24.3 Å². The van der Waals surface area contributed by atoms with Crippen molar-refractivity contribution >= 4 is 21.4 Å². The molecule has 0 saturated carbocycles. The van der Waals surface area contributed by atoms with Crippen LogP contribution in [0.3, 0.4) is 0 Å². The minimum absolute atomic E-state index is 0.0834. The highest BCUT2D eigenvalue weighted by molar-refractivity contribution is 7.92. The Morgan fingerprint density at radius 2 is 1.74 bits per heavy atom. The second-order valence-electron chi connectivity index (χ2n) is 5.16. The van der Waals surface area contributed by atoms with Crippen molar-refractivity contribution in [2.45, 2.75) is 25.7 Å². The minimum atomic E-state index is -3.87. The molecule has 0 aliphatic carbocycles. The largest absolute Gasteiger partial charge is 0.273 e. The number of aryl methyl sites for hydroxylation is 2. The van der Waals surface area contributed by atoms with Gasteiger partial charge in [0.15, 0.2) is 0 Å². The van der Waals surface area contributed by atoms with E-state index >= 15 is 0 Å². The van der Waals surface area contributed by atoms with E-state index in [2.05, 4.69) is 0 Å². The summed E-state index contributed by atoms with van der Waals surface area (Å²) < 4.78 is 27.1. The molecule has 0 aromatic heterocycles. The molecule has 2 aromatic rings. The molecule has 0 N–H and O–H groups in total. The van der Waals surface area contributed by atoms with Gasteiger partial charge >= 0.3 is 0 Å². The summed E-state index contributed by atoms with van der Waals surface area (Å²) in [6, 6.07) is 11.1. The van der Waals surface area contributed by atoms with Crippen LogP contribution in [-0.4, -0.2) is 19.9 Å². The zero-order valence-electron chi connectivity index (χ0n) is 13.2. The summed E-state index contributed by atoms with van der Waals surface area (Å²) in [5.41, 5.74) is 1.61. The van der Waals surface area contributed by atoms with E-state index in [0.29, 0.717) is 11.3 Å². The summed E-state index contributed by atoms with van der Waals surface area (Å²) in [5, 5.41) is 11.1. The van der Waals surface area contributed by atoms with E-state index < -0.39 is 14.9 Å². The van der Waals surface area contributed by atoms with Gasteiger partial charge in [0.1, 0.15) is 0 Å². The van der Waals surface area contributed by atoms with Crippen molar-refractivity contribution < 1.29 is 13.3 Å². The van der Waals surface area contributed by atoms with Gasteiger partial charge in [0.25, 0.3) is 15.7 Å². The lowest BCUT2D eigenvalue weighted by molar-refractivity contribution is -0.385. The topological polar surface area (TPSA) is 80.5 Å². The SMILES string of the molecule is CCN(c1ccccc1C)S(=O)(=O)c1ccc(C)c([N+](=O)[O-])c1. The molecule has 6 nitrogen and oxygen atoms in total. The number of para-hydroxylation sites is 1. The number of hydrogen-bond donors (Lipinski definition) is 0. The Morgan fingerprint density at radius 3 is 2.30 bits per heavy atom. The fourth-order valence-electron chi connectivity index (χ4n) is 2.39. The van der Waals surface area contributed by atoms with Crippen LogP contribution in [0.25, 0.3) is 0 Å². The molecule has 0 amide bonds. The molecule has 122 valence electrons. The van der Waals surface area contributed by atoms with Gasteiger partial charge in [-0.25, -0.2) is 8.42 Å². The predicted octanol–water partition coefficient (Wildman–Crippen LogP) is 3.43. The first kappa shape index (κ1) is 17.0. The first-order chi connectivity index (χ1) is 10.8. The van der Waals surface area contributed by atoms with Gasteiger partial charge in [0, 0.05) is 18.2 Å². The molecule has 7 heteroatoms. The third kappa shape index (κ3) is 3.19. The van der Waals surface area contributed by atoms with E-state index in [0.717, 1.165) is 11.6 Å². The lowest BCUT2D eigenvalue weighted by atomic mass is 10.2. The monoisotopic (exact) mass is 334 g/mol. The lowest BCUT2D eigenvalue weighted by Gasteiger charge is -2.24. The molecule has 23 heavy (non-hydrogen) atoms. The highest BCUT2D eigenvalue weighted by atomic mass is 32.2. The quantitative estimate of drug-likeness (QED) is 0.620. The predicted molar refractivity (Wildman–Crippen MR) is 89.2 cm³/mol. The number of nitrogens with zero attached hydrogens (tertiary/aromatic N) is 2. The summed E-state index contributed by atoms with van der Waals surface area (Å²) in [6.45, 7) is 5.36. The van der Waals surface area contributed by atoms with Gasteiger partial charge in [-0.05, 0) is 38.5 Å². The van der Waals surface area contributed by atoms with E-state index in [1.807, 2.05) is 19.1 Å². The van der Waals surface area contributed by atoms with Crippen molar-refractivity contribution in [3.8, 4) is 0 Å². The zero-order chi connectivity index (χ0) is 17.2. The number of hydrogen-bond acceptors (Lipinski definition) is 4. The number of nitro benzene ring substituents is 1. The van der Waals surface area contributed by atoms with Gasteiger partial charge in [-0.3, -0.25) is 14.4 Å². The van der Waals surface area contributed by atoms with Crippen LogP contribution in [-0.2, 0) is 10.0 Å². The first-order valence-corrected chi connectivity index (χ1v) is 8.56. The molecule has 0 spiro atoms. The fourth-order valence-corrected chi connectivity index (χ4v) is 3.95. The van der Waals surface area contributed by atoms with Crippen LogP contribution < -0.4 is 4.31 Å². The smallest absolute Gasteiger partial charge is 0.266 e. The minimum Gasteiger partial charge on any atom is -0.266 e. The molecular weight excluding hydrogens is 316 g/mol. The van der Waals surface area contributed by atoms with Crippen molar-refractivity contribution in [1.82, 2.24) is 0 Å². The maximum absolute atomic E-state index is 12.9. The van der Waals surface area contributed by atoms with Crippen LogP contribution >= 0.6 is 0 Å². The maximum atomic E-state index is 12.9. The number of benzene rings is 2. The van der Waals surface area contributed by atoms with Gasteiger partial charge < -0.3 is 0 Å². The fraction of sp³-hybridized carbons (Fsp3) is 0.250. The van der Waals surface area contributed by atoms with E-state index in [4.69, 9.17) is 0 Å². The van der Waals surface area contributed by atoms with Crippen molar-refractivity contribution in [2.24, 2.45) is 0 Å². The Balaban J connectivity index is 2.59. The standard InChI is InChI=1S/C16H18N2O4S/c1-4-17(15-8-6-5-7-12(15)2)23(21,22)14-10-9-13(3)16(11-14)18(19)20/h5-11H,4H2,1-3H3. The Labute approximate surface area is 135 Å². The second-order valence-corrected chi connectivity index (χ2v) is 7.02. The highest BCUT2D eigenvalue weighted by Crippen LogP contribution is 2.29. The van der Waals surface area contributed by atoms with E-state index in [1.165, 1.54) is 16.4 Å². The maximum Gasteiger partial charge on any atom is 0.273 e. The van der Waals surface area contributed by atoms with Crippen LogP contribution in [0.15, 0.2) is 47.4 Å². The molecule has 0 aliphatic rings. The summed E-state index contributed by atoms with van der Waals surface area (Å²) in [5.74, 6) is 0. The van der Waals surface area contributed by atoms with Gasteiger partial charge in [-0.15, -0.1) is 0 Å². The summed E-state index contributed by atoms with van der Waals surface area (Å²) in [7, 11) is -3.87. The van der Waals surface area contributed by atoms with Crippen LogP contribution in [0.1, 0.15) is 18.1 Å². The van der Waals surface area contributed by atoms with Crippen molar-refractivity contribution in [1.29, 1.82) is 0 Å². The lowest BCUT2D eigenvalue weighted by Crippen LogP contribution is -2.31. The Hall–Kier alpha value is -2.41. The van der Waals surface area contributed by atoms with Crippen LogP contribution in [0.5, 0.6) is 0 Å². The number of rotatable bonds is 5. The Kier molecular flexibility index (Phi) is 4.70. The molecular formula is C16H18N2O4S. The summed E-state index contributed by atoms with van der Waals surface area (Å²) in [6.07, 6.45) is 0. The zero-order valence-corrected chi connectivity index (χ0v) is 14.0. The first-order valence-electron chi connectivity index (χ1n) is 7.12. The normalized spacial score (nSPS) is 11.3. The van der Waals surface area contributed by atoms with E-state index in [1.54, 1.807) is 26.0 Å². The van der Waals surface area contributed by atoms with Crippen LogP contribution in [0, 0.1) is 24.0 Å². The van der Waals surface area contributed by atoms with Crippen LogP contribution in [0.2, 0.25) is 0 Å². The number of sulfonamides is 1. The third-order valence-electron chi connectivity index (χ3n) is 3.64. The molecule has 0 heterocycles. The molecule has 0 radical (unpaired) electrons. The van der Waals surface area contributed by atoms with Gasteiger partial charge in [0.2, 0.25) is 0 Å². The highest BCUT2D eigenvalue weighted by Gasteiger charge is 2.27. The van der Waals surface area contributed by atoms with Crippen molar-refractivity contribution in [2.75, 3.05) is 10.8 Å². The van der Waals surface area contributed by atoms with Crippen molar-refractivity contribution in [3.63, 3.8) is 0 Å². The Bertz CT molecular complexity index is 847. The third-order valence-corrected chi connectivity index (χ3v) is 5.52. The molecule has 0 fully saturated rings. The van der Waals surface area contributed by atoms with Gasteiger partial charge in [0.05, 0.1) is 15.5 Å². The molecule has 0 saturated heterocycles. The second kappa shape index (κ2) is 6.37. The average Bonchev–Trinajstić information content (AvgIpc) is 2.49. The van der Waals surface area contributed by atoms with Crippen molar-refractivity contribution in [3.05, 3.63) is 63.7 Å².